The summed E-state index contributed by atoms with van der Waals surface area (Å²) >= 11 is 1.43. The van der Waals surface area contributed by atoms with Crippen LogP contribution in [0.1, 0.15) is 50.1 Å². The summed E-state index contributed by atoms with van der Waals surface area (Å²) in [7, 11) is 0. The van der Waals surface area contributed by atoms with Gasteiger partial charge in [0.15, 0.2) is 11.6 Å². The van der Waals surface area contributed by atoms with Crippen molar-refractivity contribution >= 4 is 11.3 Å². The molecular formula is C14H16F2N2S. The number of nitrogens with zero attached hydrogens (tertiary/aromatic N) is 2. The van der Waals surface area contributed by atoms with Crippen LogP contribution in [0.15, 0.2) is 12.1 Å². The van der Waals surface area contributed by atoms with Crippen LogP contribution in [0.3, 0.4) is 0 Å². The first-order valence-electron chi connectivity index (χ1n) is 6.22. The Morgan fingerprint density at radius 3 is 2.11 bits per heavy atom. The topological polar surface area (TPSA) is 25.8 Å². The smallest absolute Gasteiger partial charge is 0.159 e. The van der Waals surface area contributed by atoms with E-state index in [2.05, 4.69) is 10.2 Å². The van der Waals surface area contributed by atoms with E-state index in [0.29, 0.717) is 10.6 Å². The van der Waals surface area contributed by atoms with Crippen LogP contribution < -0.4 is 0 Å². The standard InChI is InChI=1S/C14H16F2N2S/c1-7(2)9-5-11(15)12(16)6-10(9)14-18-17-13(19-14)8(3)4/h5-8H,1-4H3. The normalized spacial score (nSPS) is 11.6. The molecule has 0 amide bonds. The van der Waals surface area contributed by atoms with Gasteiger partial charge in [-0.25, -0.2) is 8.78 Å². The van der Waals surface area contributed by atoms with Crippen molar-refractivity contribution in [3.05, 3.63) is 34.3 Å². The molecule has 0 aliphatic carbocycles. The van der Waals surface area contributed by atoms with E-state index in [1.807, 2.05) is 27.7 Å². The summed E-state index contributed by atoms with van der Waals surface area (Å²) in [5.74, 6) is -1.29. The maximum absolute atomic E-state index is 13.5. The summed E-state index contributed by atoms with van der Waals surface area (Å²) < 4.78 is 26.8. The number of benzene rings is 1. The number of hydrogen-bond acceptors (Lipinski definition) is 3. The third-order valence-corrected chi connectivity index (χ3v) is 4.14. The van der Waals surface area contributed by atoms with E-state index in [4.69, 9.17) is 0 Å². The van der Waals surface area contributed by atoms with Crippen LogP contribution in [0.5, 0.6) is 0 Å². The van der Waals surface area contributed by atoms with Crippen LogP contribution >= 0.6 is 11.3 Å². The average Bonchev–Trinajstić information content (AvgIpc) is 2.81. The lowest BCUT2D eigenvalue weighted by Crippen LogP contribution is -1.96. The number of hydrogen-bond donors (Lipinski definition) is 0. The molecule has 0 atom stereocenters. The molecule has 0 aliphatic heterocycles. The molecule has 2 rings (SSSR count). The molecule has 0 spiro atoms. The zero-order valence-electron chi connectivity index (χ0n) is 11.4. The van der Waals surface area contributed by atoms with Crippen LogP contribution in [0.2, 0.25) is 0 Å². The first-order chi connectivity index (χ1) is 8.90. The van der Waals surface area contributed by atoms with Gasteiger partial charge in [-0.15, -0.1) is 10.2 Å². The molecule has 2 nitrogen and oxygen atoms in total. The Labute approximate surface area is 115 Å². The maximum atomic E-state index is 13.5. The van der Waals surface area contributed by atoms with Crippen molar-refractivity contribution in [1.82, 2.24) is 10.2 Å². The molecule has 0 N–H and O–H groups in total. The average molecular weight is 282 g/mol. The van der Waals surface area contributed by atoms with Crippen molar-refractivity contribution < 1.29 is 8.78 Å². The minimum absolute atomic E-state index is 0.0940. The molecule has 0 aliphatic rings. The lowest BCUT2D eigenvalue weighted by molar-refractivity contribution is 0.506. The van der Waals surface area contributed by atoms with Crippen molar-refractivity contribution in [1.29, 1.82) is 0 Å². The second-order valence-corrected chi connectivity index (χ2v) is 6.12. The molecule has 1 aromatic carbocycles. The van der Waals surface area contributed by atoms with E-state index in [1.54, 1.807) is 0 Å². The molecule has 0 saturated heterocycles. The summed E-state index contributed by atoms with van der Waals surface area (Å²) in [6.45, 7) is 7.94. The fourth-order valence-corrected chi connectivity index (χ4v) is 2.69. The van der Waals surface area contributed by atoms with Crippen molar-refractivity contribution in [2.24, 2.45) is 0 Å². The predicted molar refractivity (Wildman–Crippen MR) is 73.4 cm³/mol. The second-order valence-electron chi connectivity index (χ2n) is 5.11. The van der Waals surface area contributed by atoms with E-state index >= 15 is 0 Å². The Bertz CT molecular complexity index is 591. The van der Waals surface area contributed by atoms with Gasteiger partial charge in [0, 0.05) is 11.5 Å². The van der Waals surface area contributed by atoms with Crippen molar-refractivity contribution in [3.63, 3.8) is 0 Å². The molecule has 1 heterocycles. The zero-order valence-corrected chi connectivity index (χ0v) is 12.2. The molecule has 19 heavy (non-hydrogen) atoms. The van der Waals surface area contributed by atoms with E-state index in [1.165, 1.54) is 23.5 Å². The van der Waals surface area contributed by atoms with Gasteiger partial charge in [0.2, 0.25) is 0 Å². The quantitative estimate of drug-likeness (QED) is 0.813. The van der Waals surface area contributed by atoms with Gasteiger partial charge in [-0.3, -0.25) is 0 Å². The predicted octanol–water partition coefficient (Wildman–Crippen LogP) is 4.73. The van der Waals surface area contributed by atoms with E-state index in [9.17, 15) is 8.78 Å². The third kappa shape index (κ3) is 2.81. The summed E-state index contributed by atoms with van der Waals surface area (Å²) in [6, 6.07) is 2.47. The fraction of sp³-hybridized carbons (Fsp3) is 0.429. The van der Waals surface area contributed by atoms with Gasteiger partial charge in [0.25, 0.3) is 0 Å². The van der Waals surface area contributed by atoms with E-state index < -0.39 is 11.6 Å². The molecule has 5 heteroatoms. The molecule has 0 bridgehead atoms. The minimum Gasteiger partial charge on any atom is -0.204 e. The molecular weight excluding hydrogens is 266 g/mol. The number of rotatable bonds is 3. The van der Waals surface area contributed by atoms with Crippen LogP contribution in [0.4, 0.5) is 8.78 Å². The van der Waals surface area contributed by atoms with Gasteiger partial charge in [0.05, 0.1) is 0 Å². The number of halogens is 2. The van der Waals surface area contributed by atoms with Crippen molar-refractivity contribution in [2.45, 2.75) is 39.5 Å². The lowest BCUT2D eigenvalue weighted by Gasteiger charge is -2.11. The lowest BCUT2D eigenvalue weighted by atomic mass is 9.97. The highest BCUT2D eigenvalue weighted by molar-refractivity contribution is 7.14. The molecule has 102 valence electrons. The van der Waals surface area contributed by atoms with E-state index in [0.717, 1.165) is 10.6 Å². The third-order valence-electron chi connectivity index (χ3n) is 2.88. The monoisotopic (exact) mass is 282 g/mol. The highest BCUT2D eigenvalue weighted by Crippen LogP contribution is 2.34. The Morgan fingerprint density at radius 2 is 1.58 bits per heavy atom. The highest BCUT2D eigenvalue weighted by atomic mass is 32.1. The van der Waals surface area contributed by atoms with Crippen LogP contribution in [-0.2, 0) is 0 Å². The van der Waals surface area contributed by atoms with Crippen LogP contribution in [-0.4, -0.2) is 10.2 Å². The van der Waals surface area contributed by atoms with Crippen LogP contribution in [0.25, 0.3) is 10.6 Å². The summed E-state index contributed by atoms with van der Waals surface area (Å²) in [6.07, 6.45) is 0. The zero-order chi connectivity index (χ0) is 14.2. The van der Waals surface area contributed by atoms with Gasteiger partial charge >= 0.3 is 0 Å². The maximum Gasteiger partial charge on any atom is 0.159 e. The largest absolute Gasteiger partial charge is 0.204 e. The summed E-state index contributed by atoms with van der Waals surface area (Å²) in [5.41, 5.74) is 1.39. The Hall–Kier alpha value is -1.36. The fourth-order valence-electron chi connectivity index (χ4n) is 1.80. The van der Waals surface area contributed by atoms with Gasteiger partial charge in [-0.05, 0) is 23.6 Å². The molecule has 0 unspecified atom stereocenters. The SMILES string of the molecule is CC(C)c1nnc(-c2cc(F)c(F)cc2C(C)C)s1. The minimum atomic E-state index is -0.847. The Balaban J connectivity index is 2.56. The van der Waals surface area contributed by atoms with Gasteiger partial charge in [0.1, 0.15) is 10.0 Å². The molecule has 0 radical (unpaired) electrons. The second kappa shape index (κ2) is 5.33. The van der Waals surface area contributed by atoms with Crippen molar-refractivity contribution in [2.75, 3.05) is 0 Å². The van der Waals surface area contributed by atoms with Gasteiger partial charge < -0.3 is 0 Å². The Kier molecular flexibility index (Phi) is 3.94. The van der Waals surface area contributed by atoms with Crippen molar-refractivity contribution in [3.8, 4) is 10.6 Å². The first kappa shape index (κ1) is 14.1. The van der Waals surface area contributed by atoms with Gasteiger partial charge in [-0.1, -0.05) is 39.0 Å². The number of aromatic nitrogens is 2. The summed E-state index contributed by atoms with van der Waals surface area (Å²) in [4.78, 5) is 0. The van der Waals surface area contributed by atoms with E-state index in [-0.39, 0.29) is 11.8 Å². The van der Waals surface area contributed by atoms with Crippen LogP contribution in [0, 0.1) is 11.6 Å². The molecule has 1 aromatic heterocycles. The molecule has 0 saturated carbocycles. The van der Waals surface area contributed by atoms with Gasteiger partial charge in [-0.2, -0.15) is 0 Å². The highest BCUT2D eigenvalue weighted by Gasteiger charge is 2.18. The molecule has 0 fully saturated rings. The summed E-state index contributed by atoms with van der Waals surface area (Å²) in [5, 5.41) is 9.74. The Morgan fingerprint density at radius 1 is 0.947 bits per heavy atom. The molecule has 2 aromatic rings. The first-order valence-corrected chi connectivity index (χ1v) is 7.04.